The number of carbonyl (C=O) groups is 2. The molecular weight excluding hydrogens is 324 g/mol. The standard InChI is InChI=1S/C22H14N2O2/c25-20-17-13-7-8-14-18(17)21(26)24(20)22(16-11-5-2-6-12-16)19(23-22)15-9-3-1-4-10-15/h1-14H. The lowest BCUT2D eigenvalue weighted by Gasteiger charge is -2.26. The van der Waals surface area contributed by atoms with Crippen LogP contribution < -0.4 is 0 Å². The minimum Gasteiger partial charge on any atom is -0.268 e. The monoisotopic (exact) mass is 338 g/mol. The van der Waals surface area contributed by atoms with E-state index < -0.39 is 5.66 Å². The van der Waals surface area contributed by atoms with Gasteiger partial charge in [0.1, 0.15) is 0 Å². The van der Waals surface area contributed by atoms with Gasteiger partial charge < -0.3 is 0 Å². The third kappa shape index (κ3) is 1.87. The fourth-order valence-corrected chi connectivity index (χ4v) is 3.64. The van der Waals surface area contributed by atoms with Crippen molar-refractivity contribution in [2.45, 2.75) is 5.66 Å². The van der Waals surface area contributed by atoms with Gasteiger partial charge in [-0.25, -0.2) is 9.89 Å². The molecule has 2 amide bonds. The van der Waals surface area contributed by atoms with Crippen LogP contribution in [0.2, 0.25) is 0 Å². The summed E-state index contributed by atoms with van der Waals surface area (Å²) in [4.78, 5) is 32.1. The van der Waals surface area contributed by atoms with Crippen LogP contribution in [-0.4, -0.2) is 22.4 Å². The first-order valence-electron chi connectivity index (χ1n) is 8.42. The van der Waals surface area contributed by atoms with Crippen LogP contribution in [0, 0.1) is 0 Å². The van der Waals surface area contributed by atoms with Crippen LogP contribution in [0.3, 0.4) is 0 Å². The number of rotatable bonds is 3. The highest BCUT2D eigenvalue weighted by Gasteiger charge is 2.61. The first-order chi connectivity index (χ1) is 12.7. The van der Waals surface area contributed by atoms with Gasteiger partial charge in [0, 0.05) is 11.1 Å². The van der Waals surface area contributed by atoms with Crippen molar-refractivity contribution in [1.29, 1.82) is 0 Å². The molecule has 0 aliphatic carbocycles. The second kappa shape index (κ2) is 5.23. The van der Waals surface area contributed by atoms with E-state index in [2.05, 4.69) is 0 Å². The number of nitrogens with zero attached hydrogens (tertiary/aromatic N) is 2. The summed E-state index contributed by atoms with van der Waals surface area (Å²) < 4.78 is 0. The minimum atomic E-state index is -1.06. The predicted molar refractivity (Wildman–Crippen MR) is 98.0 cm³/mol. The number of fused-ring (bicyclic) bond motifs is 1. The first kappa shape index (κ1) is 14.8. The topological polar surface area (TPSA) is 49.7 Å². The van der Waals surface area contributed by atoms with Crippen molar-refractivity contribution in [3.8, 4) is 0 Å². The summed E-state index contributed by atoms with van der Waals surface area (Å²) in [6.45, 7) is 0. The van der Waals surface area contributed by atoms with Gasteiger partial charge in [0.2, 0.25) is 5.66 Å². The number of carbonyl (C=O) groups excluding carboxylic acids is 2. The fourth-order valence-electron chi connectivity index (χ4n) is 3.64. The normalized spacial score (nSPS) is 20.8. The van der Waals surface area contributed by atoms with E-state index in [1.807, 2.05) is 60.7 Å². The average Bonchev–Trinajstić information content (AvgIpc) is 3.40. The summed E-state index contributed by atoms with van der Waals surface area (Å²) >= 11 is 0. The molecule has 3 aromatic rings. The van der Waals surface area contributed by atoms with Crippen LogP contribution in [-0.2, 0) is 5.66 Å². The molecule has 4 heteroatoms. The smallest absolute Gasteiger partial charge is 0.264 e. The maximum atomic E-state index is 13.1. The number of hydrogen-bond acceptors (Lipinski definition) is 3. The Hall–Kier alpha value is -3.53. The molecule has 3 aromatic carbocycles. The van der Waals surface area contributed by atoms with Crippen LogP contribution in [0.15, 0.2) is 89.9 Å². The predicted octanol–water partition coefficient (Wildman–Crippen LogP) is 3.64. The Balaban J connectivity index is 1.67. The maximum Gasteiger partial charge on any atom is 0.264 e. The second-order valence-electron chi connectivity index (χ2n) is 6.36. The molecule has 0 N–H and O–H groups in total. The SMILES string of the molecule is O=C1c2ccccc2C(=O)N1C1(c2ccccc2)N=C1c1ccccc1. The molecular formula is C22H14N2O2. The minimum absolute atomic E-state index is 0.302. The van der Waals surface area contributed by atoms with Gasteiger partial charge in [0.25, 0.3) is 11.8 Å². The van der Waals surface area contributed by atoms with E-state index in [1.54, 1.807) is 24.3 Å². The Morgan fingerprint density at radius 2 is 1.15 bits per heavy atom. The fraction of sp³-hybridized carbons (Fsp3) is 0.0455. The lowest BCUT2D eigenvalue weighted by Crippen LogP contribution is -2.44. The molecule has 5 rings (SSSR count). The number of amides is 2. The van der Waals surface area contributed by atoms with E-state index in [-0.39, 0.29) is 11.8 Å². The maximum absolute atomic E-state index is 13.1. The number of hydrogen-bond donors (Lipinski definition) is 0. The molecule has 4 nitrogen and oxygen atoms in total. The van der Waals surface area contributed by atoms with Gasteiger partial charge in [-0.05, 0) is 12.1 Å². The van der Waals surface area contributed by atoms with Gasteiger partial charge in [-0.1, -0.05) is 72.8 Å². The zero-order chi connectivity index (χ0) is 17.7. The van der Waals surface area contributed by atoms with Crippen molar-refractivity contribution in [1.82, 2.24) is 4.90 Å². The average molecular weight is 338 g/mol. The molecule has 0 saturated carbocycles. The van der Waals surface area contributed by atoms with Crippen LogP contribution in [0.5, 0.6) is 0 Å². The molecule has 0 radical (unpaired) electrons. The van der Waals surface area contributed by atoms with E-state index in [1.165, 1.54) is 4.90 Å². The molecule has 2 aliphatic rings. The van der Waals surface area contributed by atoms with Crippen LogP contribution in [0.4, 0.5) is 0 Å². The lowest BCUT2D eigenvalue weighted by atomic mass is 9.96. The summed E-state index contributed by atoms with van der Waals surface area (Å²) in [6, 6.07) is 26.1. The van der Waals surface area contributed by atoms with E-state index >= 15 is 0 Å². The zero-order valence-electron chi connectivity index (χ0n) is 13.8. The van der Waals surface area contributed by atoms with Crippen molar-refractivity contribution in [3.05, 3.63) is 107 Å². The molecule has 0 aromatic heterocycles. The molecule has 0 spiro atoms. The van der Waals surface area contributed by atoms with Gasteiger partial charge in [0.05, 0.1) is 16.8 Å². The van der Waals surface area contributed by atoms with Crippen LogP contribution >= 0.6 is 0 Å². The highest BCUT2D eigenvalue weighted by molar-refractivity contribution is 6.28. The van der Waals surface area contributed by atoms with E-state index in [4.69, 9.17) is 4.99 Å². The third-order valence-corrected chi connectivity index (χ3v) is 4.90. The highest BCUT2D eigenvalue weighted by atomic mass is 16.2. The van der Waals surface area contributed by atoms with E-state index in [0.29, 0.717) is 11.1 Å². The number of imide groups is 1. The zero-order valence-corrected chi connectivity index (χ0v) is 13.8. The molecule has 26 heavy (non-hydrogen) atoms. The molecule has 2 heterocycles. The molecule has 1 unspecified atom stereocenters. The first-order valence-corrected chi connectivity index (χ1v) is 8.42. The van der Waals surface area contributed by atoms with Crippen molar-refractivity contribution < 1.29 is 9.59 Å². The number of benzene rings is 3. The van der Waals surface area contributed by atoms with Gasteiger partial charge in [-0.15, -0.1) is 0 Å². The Bertz CT molecular complexity index is 1040. The second-order valence-corrected chi connectivity index (χ2v) is 6.36. The Kier molecular flexibility index (Phi) is 2.97. The largest absolute Gasteiger partial charge is 0.268 e. The van der Waals surface area contributed by atoms with E-state index in [9.17, 15) is 9.59 Å². The van der Waals surface area contributed by atoms with Crippen molar-refractivity contribution in [2.75, 3.05) is 0 Å². The molecule has 2 aliphatic heterocycles. The van der Waals surface area contributed by atoms with Crippen molar-refractivity contribution in [2.24, 2.45) is 4.99 Å². The van der Waals surface area contributed by atoms with Gasteiger partial charge in [-0.3, -0.25) is 9.59 Å². The summed E-state index contributed by atoms with van der Waals surface area (Å²) in [5.74, 6) is -0.603. The molecule has 0 saturated heterocycles. The third-order valence-electron chi connectivity index (χ3n) is 4.90. The van der Waals surface area contributed by atoms with Gasteiger partial charge in [-0.2, -0.15) is 0 Å². The molecule has 124 valence electrons. The Morgan fingerprint density at radius 3 is 1.73 bits per heavy atom. The van der Waals surface area contributed by atoms with Gasteiger partial charge in [0.15, 0.2) is 0 Å². The summed E-state index contributed by atoms with van der Waals surface area (Å²) in [5, 5.41) is 0. The van der Waals surface area contributed by atoms with Gasteiger partial charge >= 0.3 is 0 Å². The Labute approximate surface area is 150 Å². The van der Waals surface area contributed by atoms with Crippen LogP contribution in [0.25, 0.3) is 0 Å². The van der Waals surface area contributed by atoms with Crippen LogP contribution in [0.1, 0.15) is 31.8 Å². The highest BCUT2D eigenvalue weighted by Crippen LogP contribution is 2.48. The summed E-state index contributed by atoms with van der Waals surface area (Å²) in [7, 11) is 0. The Morgan fingerprint density at radius 1 is 0.654 bits per heavy atom. The molecule has 1 atom stereocenters. The summed E-state index contributed by atoms with van der Waals surface area (Å²) in [5.41, 5.74) is 2.26. The number of aliphatic imine (C=N–C) groups is 1. The van der Waals surface area contributed by atoms with Crippen molar-refractivity contribution >= 4 is 17.5 Å². The van der Waals surface area contributed by atoms with Crippen molar-refractivity contribution in [3.63, 3.8) is 0 Å². The molecule has 0 bridgehead atoms. The molecule has 0 fully saturated rings. The summed E-state index contributed by atoms with van der Waals surface area (Å²) in [6.07, 6.45) is 0. The quantitative estimate of drug-likeness (QED) is 0.685. The lowest BCUT2D eigenvalue weighted by molar-refractivity contribution is 0.0567. The van der Waals surface area contributed by atoms with E-state index in [0.717, 1.165) is 16.8 Å².